The lowest BCUT2D eigenvalue weighted by Gasteiger charge is -2.27. The van der Waals surface area contributed by atoms with Crippen molar-refractivity contribution in [2.24, 2.45) is 7.05 Å². The number of nitrogens with zero attached hydrogens (tertiary/aromatic N) is 2. The second kappa shape index (κ2) is 5.85. The quantitative estimate of drug-likeness (QED) is 0.871. The van der Waals surface area contributed by atoms with Crippen LogP contribution in [0.1, 0.15) is 62.2 Å². The summed E-state index contributed by atoms with van der Waals surface area (Å²) in [5, 5.41) is 10.6. The fourth-order valence-corrected chi connectivity index (χ4v) is 3.49. The van der Waals surface area contributed by atoms with Gasteiger partial charge in [0, 0.05) is 24.3 Å². The highest BCUT2D eigenvalue weighted by Crippen LogP contribution is 2.29. The molecule has 110 valence electrons. The predicted octanol–water partition coefficient (Wildman–Crippen LogP) is 2.43. The van der Waals surface area contributed by atoms with Crippen molar-refractivity contribution in [2.45, 2.75) is 63.5 Å². The van der Waals surface area contributed by atoms with Crippen LogP contribution in [0, 0.1) is 0 Å². The van der Waals surface area contributed by atoms with Gasteiger partial charge in [-0.05, 0) is 32.1 Å². The predicted molar refractivity (Wildman–Crippen MR) is 77.4 cm³/mol. The third-order valence-electron chi connectivity index (χ3n) is 4.62. The van der Waals surface area contributed by atoms with Gasteiger partial charge in [0.05, 0.1) is 12.2 Å². The van der Waals surface area contributed by atoms with E-state index < -0.39 is 0 Å². The van der Waals surface area contributed by atoms with Gasteiger partial charge in [0.15, 0.2) is 0 Å². The van der Waals surface area contributed by atoms with E-state index in [2.05, 4.69) is 15.7 Å². The van der Waals surface area contributed by atoms with Crippen molar-refractivity contribution < 1.29 is 4.79 Å². The summed E-state index contributed by atoms with van der Waals surface area (Å²) in [5.74, 6) is 0. The maximum atomic E-state index is 12.1. The van der Waals surface area contributed by atoms with Gasteiger partial charge < -0.3 is 10.6 Å². The van der Waals surface area contributed by atoms with Crippen LogP contribution in [0.15, 0.2) is 6.20 Å². The van der Waals surface area contributed by atoms with Crippen molar-refractivity contribution >= 4 is 6.03 Å². The van der Waals surface area contributed by atoms with Crippen molar-refractivity contribution in [1.82, 2.24) is 20.4 Å². The SMILES string of the molecule is Cn1ncc2c1CCC[C@H]2NC(=O)NC1CCCCC1. The van der Waals surface area contributed by atoms with Gasteiger partial charge in [-0.25, -0.2) is 4.79 Å². The lowest BCUT2D eigenvalue weighted by molar-refractivity contribution is 0.227. The molecule has 1 heterocycles. The van der Waals surface area contributed by atoms with Crippen molar-refractivity contribution in [3.05, 3.63) is 17.5 Å². The van der Waals surface area contributed by atoms with Crippen LogP contribution in [0.3, 0.4) is 0 Å². The van der Waals surface area contributed by atoms with Crippen molar-refractivity contribution in [2.75, 3.05) is 0 Å². The maximum Gasteiger partial charge on any atom is 0.315 e. The lowest BCUT2D eigenvalue weighted by Crippen LogP contribution is -2.44. The van der Waals surface area contributed by atoms with Gasteiger partial charge in [-0.1, -0.05) is 19.3 Å². The Morgan fingerprint density at radius 3 is 2.80 bits per heavy atom. The number of hydrogen-bond acceptors (Lipinski definition) is 2. The largest absolute Gasteiger partial charge is 0.335 e. The van der Waals surface area contributed by atoms with E-state index in [1.807, 2.05) is 17.9 Å². The molecule has 1 saturated carbocycles. The van der Waals surface area contributed by atoms with E-state index in [4.69, 9.17) is 0 Å². The lowest BCUT2D eigenvalue weighted by atomic mass is 9.93. The van der Waals surface area contributed by atoms with Crippen LogP contribution in [0.4, 0.5) is 4.79 Å². The number of hydrogen-bond donors (Lipinski definition) is 2. The molecule has 1 atom stereocenters. The number of nitrogens with one attached hydrogen (secondary N) is 2. The first-order valence-electron chi connectivity index (χ1n) is 7.82. The smallest absolute Gasteiger partial charge is 0.315 e. The number of aromatic nitrogens is 2. The molecule has 0 spiro atoms. The van der Waals surface area contributed by atoms with E-state index in [-0.39, 0.29) is 12.1 Å². The van der Waals surface area contributed by atoms with Gasteiger partial charge in [0.25, 0.3) is 0 Å². The molecular formula is C15H24N4O. The zero-order valence-corrected chi connectivity index (χ0v) is 12.2. The number of aryl methyl sites for hydroxylation is 1. The van der Waals surface area contributed by atoms with E-state index in [0.717, 1.165) is 32.1 Å². The molecule has 0 radical (unpaired) electrons. The molecule has 5 heteroatoms. The zero-order valence-electron chi connectivity index (χ0n) is 12.2. The van der Waals surface area contributed by atoms with E-state index in [1.54, 1.807) is 0 Å². The monoisotopic (exact) mass is 276 g/mol. The Hall–Kier alpha value is -1.52. The Bertz CT molecular complexity index is 476. The standard InChI is InChI=1S/C15H24N4O/c1-19-14-9-5-8-13(12(14)10-16-19)18-15(20)17-11-6-3-2-4-7-11/h10-11,13H,2-9H2,1H3,(H2,17,18,20)/t13-/m1/s1. The van der Waals surface area contributed by atoms with Gasteiger partial charge >= 0.3 is 6.03 Å². The Morgan fingerprint density at radius 2 is 2.00 bits per heavy atom. The van der Waals surface area contributed by atoms with Gasteiger partial charge in [-0.2, -0.15) is 5.10 Å². The maximum absolute atomic E-state index is 12.1. The van der Waals surface area contributed by atoms with E-state index >= 15 is 0 Å². The van der Waals surface area contributed by atoms with Crippen molar-refractivity contribution in [3.8, 4) is 0 Å². The fraction of sp³-hybridized carbons (Fsp3) is 0.733. The second-order valence-corrected chi connectivity index (χ2v) is 6.07. The summed E-state index contributed by atoms with van der Waals surface area (Å²) in [7, 11) is 1.98. The average Bonchev–Trinajstić information content (AvgIpc) is 2.83. The molecule has 5 nitrogen and oxygen atoms in total. The molecule has 1 aromatic heterocycles. The number of fused-ring (bicyclic) bond motifs is 1. The molecule has 1 fully saturated rings. The molecule has 0 unspecified atom stereocenters. The summed E-state index contributed by atoms with van der Waals surface area (Å²) in [6.45, 7) is 0. The Morgan fingerprint density at radius 1 is 1.20 bits per heavy atom. The first-order chi connectivity index (χ1) is 9.74. The van der Waals surface area contributed by atoms with Gasteiger partial charge in [0.1, 0.15) is 0 Å². The first-order valence-corrected chi connectivity index (χ1v) is 7.82. The Balaban J connectivity index is 1.59. The summed E-state index contributed by atoms with van der Waals surface area (Å²) in [6, 6.07) is 0.468. The van der Waals surface area contributed by atoms with E-state index in [9.17, 15) is 4.79 Å². The fourth-order valence-electron chi connectivity index (χ4n) is 3.49. The number of rotatable bonds is 2. The van der Waals surface area contributed by atoms with Gasteiger partial charge in [-0.15, -0.1) is 0 Å². The topological polar surface area (TPSA) is 59.0 Å². The molecule has 2 amide bonds. The molecule has 2 N–H and O–H groups in total. The molecule has 1 aromatic rings. The molecule has 2 aliphatic carbocycles. The average molecular weight is 276 g/mol. The van der Waals surface area contributed by atoms with Crippen LogP contribution in [0.2, 0.25) is 0 Å². The molecule has 20 heavy (non-hydrogen) atoms. The number of urea groups is 1. The van der Waals surface area contributed by atoms with Crippen LogP contribution in [-0.4, -0.2) is 21.9 Å². The summed E-state index contributed by atoms with van der Waals surface area (Å²) >= 11 is 0. The Labute approximate surface area is 120 Å². The van der Waals surface area contributed by atoms with Crippen LogP contribution >= 0.6 is 0 Å². The summed E-state index contributed by atoms with van der Waals surface area (Å²) < 4.78 is 1.93. The van der Waals surface area contributed by atoms with Crippen molar-refractivity contribution in [1.29, 1.82) is 0 Å². The molecule has 0 aromatic carbocycles. The normalized spacial score (nSPS) is 23.1. The van der Waals surface area contributed by atoms with Crippen LogP contribution in [0.25, 0.3) is 0 Å². The molecule has 0 saturated heterocycles. The highest BCUT2D eigenvalue weighted by Gasteiger charge is 2.25. The van der Waals surface area contributed by atoms with Crippen LogP contribution in [-0.2, 0) is 13.5 Å². The molecular weight excluding hydrogens is 252 g/mol. The molecule has 2 aliphatic rings. The van der Waals surface area contributed by atoms with Crippen LogP contribution in [0.5, 0.6) is 0 Å². The minimum absolute atomic E-state index is 0.0152. The number of amides is 2. The number of carbonyl (C=O) groups excluding carboxylic acids is 1. The summed E-state index contributed by atoms with van der Waals surface area (Å²) in [4.78, 5) is 12.1. The molecule has 3 rings (SSSR count). The minimum atomic E-state index is -0.0152. The van der Waals surface area contributed by atoms with E-state index in [1.165, 1.54) is 30.5 Å². The zero-order chi connectivity index (χ0) is 13.9. The van der Waals surface area contributed by atoms with Gasteiger partial charge in [0.2, 0.25) is 0 Å². The van der Waals surface area contributed by atoms with E-state index in [0.29, 0.717) is 6.04 Å². The first kappa shape index (κ1) is 13.5. The van der Waals surface area contributed by atoms with Gasteiger partial charge in [-0.3, -0.25) is 4.68 Å². The summed E-state index contributed by atoms with van der Waals surface area (Å²) in [6.07, 6.45) is 11.1. The summed E-state index contributed by atoms with van der Waals surface area (Å²) in [5.41, 5.74) is 2.46. The second-order valence-electron chi connectivity index (χ2n) is 6.07. The minimum Gasteiger partial charge on any atom is -0.335 e. The highest BCUT2D eigenvalue weighted by atomic mass is 16.2. The Kier molecular flexibility index (Phi) is 3.94. The van der Waals surface area contributed by atoms with Crippen molar-refractivity contribution in [3.63, 3.8) is 0 Å². The third kappa shape index (κ3) is 2.81. The van der Waals surface area contributed by atoms with Crippen LogP contribution < -0.4 is 10.6 Å². The highest BCUT2D eigenvalue weighted by molar-refractivity contribution is 5.74. The molecule has 0 aliphatic heterocycles. The number of carbonyl (C=O) groups is 1. The third-order valence-corrected chi connectivity index (χ3v) is 4.62. The molecule has 0 bridgehead atoms.